The molecule has 6 heteroatoms. The van der Waals surface area contributed by atoms with Gasteiger partial charge in [0, 0.05) is 18.8 Å². The second-order valence-corrected chi connectivity index (χ2v) is 6.03. The minimum absolute atomic E-state index is 0.148. The van der Waals surface area contributed by atoms with Crippen LogP contribution >= 0.6 is 0 Å². The summed E-state index contributed by atoms with van der Waals surface area (Å²) in [5.74, 6) is -0.318. The molecule has 1 aromatic carbocycles. The number of nitrogens with zero attached hydrogens (tertiary/aromatic N) is 3. The van der Waals surface area contributed by atoms with E-state index in [1.165, 1.54) is 25.0 Å². The minimum atomic E-state index is -0.468. The number of carbonyl (C=O) groups excluding carboxylic acids is 1. The molecule has 0 bridgehead atoms. The zero-order chi connectivity index (χ0) is 16.9. The Kier molecular flexibility index (Phi) is 5.03. The van der Waals surface area contributed by atoms with E-state index in [1.54, 1.807) is 18.2 Å². The standard InChI is InChI=1S/C18H21FN4O/c1-13-12-16(17(24)21-15-9-5-4-8-14(15)19)22-18(20-13)23-10-6-2-3-7-11-23/h4-5,8-9,12H,2-3,6-7,10-11H2,1H3,(H,21,24). The summed E-state index contributed by atoms with van der Waals surface area (Å²) in [4.78, 5) is 23.4. The van der Waals surface area contributed by atoms with Crippen molar-refractivity contribution in [1.82, 2.24) is 9.97 Å². The van der Waals surface area contributed by atoms with Gasteiger partial charge in [-0.05, 0) is 38.0 Å². The molecule has 0 radical (unpaired) electrons. The highest BCUT2D eigenvalue weighted by atomic mass is 19.1. The van der Waals surface area contributed by atoms with Crippen LogP contribution in [0.4, 0.5) is 16.0 Å². The van der Waals surface area contributed by atoms with Crippen molar-refractivity contribution in [2.45, 2.75) is 32.6 Å². The summed E-state index contributed by atoms with van der Waals surface area (Å²) in [6.45, 7) is 3.64. The lowest BCUT2D eigenvalue weighted by Crippen LogP contribution is -2.27. The molecule has 3 rings (SSSR count). The first-order valence-electron chi connectivity index (χ1n) is 8.30. The zero-order valence-corrected chi connectivity index (χ0v) is 13.8. The Bertz CT molecular complexity index is 727. The summed E-state index contributed by atoms with van der Waals surface area (Å²) in [6, 6.07) is 7.71. The van der Waals surface area contributed by atoms with E-state index >= 15 is 0 Å². The van der Waals surface area contributed by atoms with Gasteiger partial charge in [-0.2, -0.15) is 0 Å². The number of carbonyl (C=O) groups is 1. The summed E-state index contributed by atoms with van der Waals surface area (Å²) < 4.78 is 13.7. The van der Waals surface area contributed by atoms with Gasteiger partial charge in [0.1, 0.15) is 11.5 Å². The van der Waals surface area contributed by atoms with Crippen molar-refractivity contribution in [3.05, 3.63) is 47.5 Å². The summed E-state index contributed by atoms with van der Waals surface area (Å²) in [7, 11) is 0. The summed E-state index contributed by atoms with van der Waals surface area (Å²) in [6.07, 6.45) is 4.63. The maximum absolute atomic E-state index is 13.7. The van der Waals surface area contributed by atoms with Crippen LogP contribution in [0, 0.1) is 12.7 Å². The number of hydrogen-bond donors (Lipinski definition) is 1. The second kappa shape index (κ2) is 7.38. The molecule has 0 unspecified atom stereocenters. The lowest BCUT2D eigenvalue weighted by molar-refractivity contribution is 0.102. The molecule has 0 aliphatic carbocycles. The van der Waals surface area contributed by atoms with Crippen LogP contribution in [0.15, 0.2) is 30.3 Å². The Morgan fingerprint density at radius 3 is 2.54 bits per heavy atom. The van der Waals surface area contributed by atoms with Crippen molar-refractivity contribution >= 4 is 17.5 Å². The third kappa shape index (κ3) is 3.88. The highest BCUT2D eigenvalue weighted by molar-refractivity contribution is 6.03. The van der Waals surface area contributed by atoms with Gasteiger partial charge < -0.3 is 10.2 Å². The largest absolute Gasteiger partial charge is 0.341 e. The predicted molar refractivity (Wildman–Crippen MR) is 91.8 cm³/mol. The number of rotatable bonds is 3. The van der Waals surface area contributed by atoms with E-state index in [2.05, 4.69) is 20.2 Å². The summed E-state index contributed by atoms with van der Waals surface area (Å²) >= 11 is 0. The number of aromatic nitrogens is 2. The molecule has 1 amide bonds. The van der Waals surface area contributed by atoms with Gasteiger partial charge in [0.05, 0.1) is 5.69 Å². The molecular formula is C18H21FN4O. The van der Waals surface area contributed by atoms with Gasteiger partial charge in [-0.25, -0.2) is 14.4 Å². The number of hydrogen-bond acceptors (Lipinski definition) is 4. The lowest BCUT2D eigenvalue weighted by Gasteiger charge is -2.21. The van der Waals surface area contributed by atoms with Crippen molar-refractivity contribution < 1.29 is 9.18 Å². The quantitative estimate of drug-likeness (QED) is 0.936. The van der Waals surface area contributed by atoms with Gasteiger partial charge in [-0.3, -0.25) is 4.79 Å². The number of halogens is 1. The van der Waals surface area contributed by atoms with Crippen molar-refractivity contribution in [1.29, 1.82) is 0 Å². The van der Waals surface area contributed by atoms with Crippen LogP contribution in [-0.2, 0) is 0 Å². The van der Waals surface area contributed by atoms with Gasteiger partial charge in [0.25, 0.3) is 5.91 Å². The zero-order valence-electron chi connectivity index (χ0n) is 13.8. The SMILES string of the molecule is Cc1cc(C(=O)Nc2ccccc2F)nc(N2CCCCCC2)n1. The normalized spacial score (nSPS) is 15.0. The van der Waals surface area contributed by atoms with Crippen molar-refractivity contribution in [2.75, 3.05) is 23.3 Å². The molecule has 1 aromatic heterocycles. The summed E-state index contributed by atoms with van der Waals surface area (Å²) in [5, 5.41) is 2.57. The molecule has 2 aromatic rings. The first-order chi connectivity index (χ1) is 11.6. The maximum Gasteiger partial charge on any atom is 0.274 e. The Hall–Kier alpha value is -2.50. The number of para-hydroxylation sites is 1. The second-order valence-electron chi connectivity index (χ2n) is 6.03. The molecule has 1 N–H and O–H groups in total. The number of anilines is 2. The third-order valence-corrected chi connectivity index (χ3v) is 4.09. The molecule has 0 atom stereocenters. The number of nitrogens with one attached hydrogen (secondary N) is 1. The Morgan fingerprint density at radius 2 is 1.83 bits per heavy atom. The molecule has 1 fully saturated rings. The third-order valence-electron chi connectivity index (χ3n) is 4.09. The summed E-state index contributed by atoms with van der Waals surface area (Å²) in [5.41, 5.74) is 1.13. The van der Waals surface area contributed by atoms with Gasteiger partial charge in [-0.15, -0.1) is 0 Å². The van der Waals surface area contributed by atoms with Crippen molar-refractivity contribution in [3.63, 3.8) is 0 Å². The molecule has 2 heterocycles. The van der Waals surface area contributed by atoms with Gasteiger partial charge >= 0.3 is 0 Å². The lowest BCUT2D eigenvalue weighted by atomic mass is 10.2. The average Bonchev–Trinajstić information content (AvgIpc) is 2.85. The Morgan fingerprint density at radius 1 is 1.12 bits per heavy atom. The van der Waals surface area contributed by atoms with E-state index in [-0.39, 0.29) is 11.4 Å². The van der Waals surface area contributed by atoms with E-state index < -0.39 is 11.7 Å². The molecule has 5 nitrogen and oxygen atoms in total. The Labute approximate surface area is 140 Å². The Balaban J connectivity index is 1.82. The first kappa shape index (κ1) is 16.4. The van der Waals surface area contributed by atoms with Crippen LogP contribution < -0.4 is 10.2 Å². The van der Waals surface area contributed by atoms with Gasteiger partial charge in [0.2, 0.25) is 5.95 Å². The molecule has 0 spiro atoms. The molecule has 1 saturated heterocycles. The molecule has 1 aliphatic rings. The van der Waals surface area contributed by atoms with E-state index in [1.807, 2.05) is 6.92 Å². The predicted octanol–water partition coefficient (Wildman–Crippen LogP) is 3.56. The smallest absolute Gasteiger partial charge is 0.274 e. The molecular weight excluding hydrogens is 307 g/mol. The first-order valence-corrected chi connectivity index (χ1v) is 8.30. The van der Waals surface area contributed by atoms with Gasteiger partial charge in [0.15, 0.2) is 0 Å². The van der Waals surface area contributed by atoms with Crippen LogP contribution in [0.2, 0.25) is 0 Å². The van der Waals surface area contributed by atoms with E-state index in [0.29, 0.717) is 5.95 Å². The highest BCUT2D eigenvalue weighted by Crippen LogP contribution is 2.18. The minimum Gasteiger partial charge on any atom is -0.341 e. The van der Waals surface area contributed by atoms with Crippen molar-refractivity contribution in [2.24, 2.45) is 0 Å². The molecule has 126 valence electrons. The fourth-order valence-corrected chi connectivity index (χ4v) is 2.83. The topological polar surface area (TPSA) is 58.1 Å². The van der Waals surface area contributed by atoms with Crippen LogP contribution in [0.25, 0.3) is 0 Å². The molecule has 1 aliphatic heterocycles. The highest BCUT2D eigenvalue weighted by Gasteiger charge is 2.17. The molecule has 24 heavy (non-hydrogen) atoms. The fraction of sp³-hybridized carbons (Fsp3) is 0.389. The van der Waals surface area contributed by atoms with E-state index in [0.717, 1.165) is 31.6 Å². The fourth-order valence-electron chi connectivity index (χ4n) is 2.83. The number of amides is 1. The number of aryl methyl sites for hydroxylation is 1. The van der Waals surface area contributed by atoms with E-state index in [9.17, 15) is 9.18 Å². The van der Waals surface area contributed by atoms with Crippen LogP contribution in [0.5, 0.6) is 0 Å². The van der Waals surface area contributed by atoms with Crippen LogP contribution in [-0.4, -0.2) is 29.0 Å². The maximum atomic E-state index is 13.7. The van der Waals surface area contributed by atoms with Crippen LogP contribution in [0.1, 0.15) is 41.9 Å². The van der Waals surface area contributed by atoms with Crippen LogP contribution in [0.3, 0.4) is 0 Å². The number of benzene rings is 1. The van der Waals surface area contributed by atoms with Crippen molar-refractivity contribution in [3.8, 4) is 0 Å². The molecule has 0 saturated carbocycles. The monoisotopic (exact) mass is 328 g/mol. The van der Waals surface area contributed by atoms with Gasteiger partial charge in [-0.1, -0.05) is 25.0 Å². The average molecular weight is 328 g/mol. The van der Waals surface area contributed by atoms with E-state index in [4.69, 9.17) is 0 Å².